The fourth-order valence-corrected chi connectivity index (χ4v) is 3.28. The highest BCUT2D eigenvalue weighted by Gasteiger charge is 2.17. The van der Waals surface area contributed by atoms with Gasteiger partial charge in [-0.2, -0.15) is 5.10 Å². The van der Waals surface area contributed by atoms with Gasteiger partial charge in [0.1, 0.15) is 0 Å². The number of nitrogens with zero attached hydrogens (tertiary/aromatic N) is 4. The summed E-state index contributed by atoms with van der Waals surface area (Å²) in [7, 11) is 0. The van der Waals surface area contributed by atoms with Gasteiger partial charge in [-0.1, -0.05) is 20.8 Å². The Hall–Kier alpha value is -1.89. The molecule has 2 heterocycles. The number of aromatic nitrogens is 3. The largest absolute Gasteiger partial charge is 0.357 e. The van der Waals surface area contributed by atoms with Crippen molar-refractivity contribution in [1.29, 1.82) is 0 Å². The van der Waals surface area contributed by atoms with Crippen LogP contribution in [0.4, 0.5) is 0 Å². The average molecular weight is 363 g/mol. The molecule has 0 aliphatic rings. The third-order valence-corrected chi connectivity index (χ3v) is 4.58. The van der Waals surface area contributed by atoms with Crippen LogP contribution in [0.2, 0.25) is 0 Å². The Labute approximate surface area is 154 Å². The number of rotatable bonds is 8. The first-order valence-electron chi connectivity index (χ1n) is 8.93. The highest BCUT2D eigenvalue weighted by molar-refractivity contribution is 7.09. The maximum atomic E-state index is 4.74. The normalized spacial score (nSPS) is 12.4. The molecule has 2 N–H and O–H groups in total. The Balaban J connectivity index is 1.74. The van der Waals surface area contributed by atoms with Crippen LogP contribution in [-0.2, 0) is 18.4 Å². The zero-order chi connectivity index (χ0) is 18.1. The predicted molar refractivity (Wildman–Crippen MR) is 105 cm³/mol. The minimum absolute atomic E-state index is 0.118. The lowest BCUT2D eigenvalue weighted by molar-refractivity contribution is 0.570. The number of hydrogen-bond acceptors (Lipinski definition) is 4. The number of nitrogens with one attached hydrogen (secondary N) is 2. The number of guanidine groups is 1. The molecule has 0 amide bonds. The van der Waals surface area contributed by atoms with Gasteiger partial charge >= 0.3 is 0 Å². The third kappa shape index (κ3) is 6.86. The molecule has 0 radical (unpaired) electrons. The number of thiazole rings is 1. The van der Waals surface area contributed by atoms with Gasteiger partial charge in [0.2, 0.25) is 0 Å². The molecule has 0 bridgehead atoms. The van der Waals surface area contributed by atoms with Crippen LogP contribution < -0.4 is 10.6 Å². The third-order valence-electron chi connectivity index (χ3n) is 3.67. The molecule has 2 rings (SSSR count). The molecule has 6 nitrogen and oxygen atoms in total. The summed E-state index contributed by atoms with van der Waals surface area (Å²) in [5, 5.41) is 14.2. The Morgan fingerprint density at radius 2 is 2.16 bits per heavy atom. The second-order valence-electron chi connectivity index (χ2n) is 6.94. The highest BCUT2D eigenvalue weighted by Crippen LogP contribution is 2.23. The standard InChI is InChI=1S/C18H30N6S/c1-5-19-17(20-9-6-12-24-13-7-10-22-24)21-11-8-16-23-15(14-25-16)18(2,3)4/h7,10,13-14H,5-6,8-9,11-12H2,1-4H3,(H2,19,20,21). The van der Waals surface area contributed by atoms with Crippen molar-refractivity contribution in [1.82, 2.24) is 25.4 Å². The van der Waals surface area contributed by atoms with Crippen molar-refractivity contribution in [3.05, 3.63) is 34.5 Å². The lowest BCUT2D eigenvalue weighted by Crippen LogP contribution is -2.38. The van der Waals surface area contributed by atoms with Crippen LogP contribution in [0.15, 0.2) is 28.8 Å². The number of aryl methyl sites for hydroxylation is 1. The summed E-state index contributed by atoms with van der Waals surface area (Å²) in [6, 6.07) is 1.94. The Morgan fingerprint density at radius 3 is 2.80 bits per heavy atom. The predicted octanol–water partition coefficient (Wildman–Crippen LogP) is 2.83. The van der Waals surface area contributed by atoms with Crippen LogP contribution in [-0.4, -0.2) is 40.4 Å². The minimum atomic E-state index is 0.118. The van der Waals surface area contributed by atoms with Gasteiger partial charge in [0.05, 0.1) is 10.7 Å². The van der Waals surface area contributed by atoms with Crippen molar-refractivity contribution in [2.45, 2.75) is 52.5 Å². The Bertz CT molecular complexity index is 639. The lowest BCUT2D eigenvalue weighted by atomic mass is 9.93. The number of hydrogen-bond donors (Lipinski definition) is 2. The molecule has 0 atom stereocenters. The molecule has 7 heteroatoms. The zero-order valence-corrected chi connectivity index (χ0v) is 16.6. The smallest absolute Gasteiger partial charge is 0.191 e. The molecule has 0 aliphatic heterocycles. The van der Waals surface area contributed by atoms with E-state index in [1.807, 2.05) is 16.9 Å². The van der Waals surface area contributed by atoms with E-state index in [4.69, 9.17) is 4.98 Å². The SMILES string of the molecule is CCNC(=NCCCn1cccn1)NCCc1nc(C(C)(C)C)cs1. The van der Waals surface area contributed by atoms with Crippen LogP contribution in [0.5, 0.6) is 0 Å². The van der Waals surface area contributed by atoms with E-state index in [1.165, 1.54) is 10.7 Å². The monoisotopic (exact) mass is 362 g/mol. The zero-order valence-electron chi connectivity index (χ0n) is 15.7. The van der Waals surface area contributed by atoms with Crippen molar-refractivity contribution < 1.29 is 0 Å². The summed E-state index contributed by atoms with van der Waals surface area (Å²) in [5.74, 6) is 0.871. The van der Waals surface area contributed by atoms with Crippen LogP contribution in [0.25, 0.3) is 0 Å². The van der Waals surface area contributed by atoms with Crippen LogP contribution in [0.3, 0.4) is 0 Å². The van der Waals surface area contributed by atoms with Crippen molar-refractivity contribution in [3.8, 4) is 0 Å². The Morgan fingerprint density at radius 1 is 1.32 bits per heavy atom. The van der Waals surface area contributed by atoms with Crippen molar-refractivity contribution in [3.63, 3.8) is 0 Å². The molecule has 0 aromatic carbocycles. The second-order valence-corrected chi connectivity index (χ2v) is 7.88. The first-order chi connectivity index (χ1) is 12.0. The topological polar surface area (TPSA) is 67.1 Å². The summed E-state index contributed by atoms with van der Waals surface area (Å²) >= 11 is 1.74. The molecular weight excluding hydrogens is 332 g/mol. The summed E-state index contributed by atoms with van der Waals surface area (Å²) in [4.78, 5) is 9.36. The maximum Gasteiger partial charge on any atom is 0.191 e. The summed E-state index contributed by atoms with van der Waals surface area (Å²) in [5.41, 5.74) is 1.29. The van der Waals surface area contributed by atoms with Gasteiger partial charge in [0.25, 0.3) is 0 Å². The first-order valence-corrected chi connectivity index (χ1v) is 9.81. The molecule has 138 valence electrons. The quantitative estimate of drug-likeness (QED) is 0.430. The van der Waals surface area contributed by atoms with Crippen LogP contribution >= 0.6 is 11.3 Å². The van der Waals surface area contributed by atoms with Crippen molar-refractivity contribution in [2.24, 2.45) is 4.99 Å². The molecular formula is C18H30N6S. The van der Waals surface area contributed by atoms with Gasteiger partial charge < -0.3 is 10.6 Å². The van der Waals surface area contributed by atoms with E-state index >= 15 is 0 Å². The van der Waals surface area contributed by atoms with Gasteiger partial charge in [-0.05, 0) is 19.4 Å². The number of aliphatic imine (C=N–C) groups is 1. The van der Waals surface area contributed by atoms with Gasteiger partial charge in [-0.15, -0.1) is 11.3 Å². The fourth-order valence-electron chi connectivity index (χ4n) is 2.26. The molecule has 0 spiro atoms. The molecule has 0 unspecified atom stereocenters. The fraction of sp³-hybridized carbons (Fsp3) is 0.611. The minimum Gasteiger partial charge on any atom is -0.357 e. The van der Waals surface area contributed by atoms with E-state index in [0.29, 0.717) is 0 Å². The van der Waals surface area contributed by atoms with E-state index < -0.39 is 0 Å². The average Bonchev–Trinajstić information content (AvgIpc) is 3.22. The van der Waals surface area contributed by atoms with Crippen molar-refractivity contribution in [2.75, 3.05) is 19.6 Å². The van der Waals surface area contributed by atoms with Gasteiger partial charge in [0.15, 0.2) is 5.96 Å². The van der Waals surface area contributed by atoms with E-state index in [9.17, 15) is 0 Å². The van der Waals surface area contributed by atoms with Gasteiger partial charge in [-0.25, -0.2) is 4.98 Å². The molecule has 0 aliphatic carbocycles. The summed E-state index contributed by atoms with van der Waals surface area (Å²) < 4.78 is 1.94. The lowest BCUT2D eigenvalue weighted by Gasteiger charge is -2.14. The summed E-state index contributed by atoms with van der Waals surface area (Å²) in [6.07, 6.45) is 5.67. The molecule has 2 aromatic heterocycles. The molecule has 2 aromatic rings. The maximum absolute atomic E-state index is 4.74. The van der Waals surface area contributed by atoms with E-state index in [0.717, 1.165) is 45.0 Å². The molecule has 0 fully saturated rings. The van der Waals surface area contributed by atoms with Crippen LogP contribution in [0, 0.1) is 0 Å². The molecule has 0 saturated heterocycles. The first kappa shape index (κ1) is 19.4. The van der Waals surface area contributed by atoms with Gasteiger partial charge in [-0.3, -0.25) is 9.67 Å². The highest BCUT2D eigenvalue weighted by atomic mass is 32.1. The molecule has 25 heavy (non-hydrogen) atoms. The second kappa shape index (κ2) is 9.56. The molecule has 0 saturated carbocycles. The summed E-state index contributed by atoms with van der Waals surface area (Å²) in [6.45, 7) is 12.0. The van der Waals surface area contributed by atoms with Gasteiger partial charge in [0, 0.05) is 55.8 Å². The van der Waals surface area contributed by atoms with Crippen LogP contribution in [0.1, 0.15) is 44.8 Å². The Kier molecular flexibility index (Phi) is 7.43. The van der Waals surface area contributed by atoms with E-state index in [-0.39, 0.29) is 5.41 Å². The van der Waals surface area contributed by atoms with Crippen molar-refractivity contribution >= 4 is 17.3 Å². The van der Waals surface area contributed by atoms with E-state index in [1.54, 1.807) is 17.5 Å². The van der Waals surface area contributed by atoms with E-state index in [2.05, 4.69) is 53.8 Å².